The SMILES string of the molecule is Cc1c(-c2cc(F)ccc2F)n[nH]c(=O)c1C. The molecule has 0 fully saturated rings. The molecule has 1 heterocycles. The van der Waals surface area contributed by atoms with Gasteiger partial charge in [0, 0.05) is 11.1 Å². The van der Waals surface area contributed by atoms with Gasteiger partial charge in [-0.1, -0.05) is 0 Å². The van der Waals surface area contributed by atoms with Gasteiger partial charge in [0.05, 0.1) is 5.69 Å². The normalized spacial score (nSPS) is 10.6. The molecular formula is C12H10F2N2O. The maximum atomic E-state index is 13.6. The van der Waals surface area contributed by atoms with Crippen molar-refractivity contribution in [1.82, 2.24) is 10.2 Å². The Labute approximate surface area is 96.1 Å². The Hall–Kier alpha value is -2.04. The lowest BCUT2D eigenvalue weighted by Gasteiger charge is -2.07. The molecule has 0 amide bonds. The zero-order valence-corrected chi connectivity index (χ0v) is 9.34. The summed E-state index contributed by atoms with van der Waals surface area (Å²) < 4.78 is 26.6. The van der Waals surface area contributed by atoms with E-state index >= 15 is 0 Å². The van der Waals surface area contributed by atoms with Crippen LogP contribution in [0.2, 0.25) is 0 Å². The summed E-state index contributed by atoms with van der Waals surface area (Å²) in [5.41, 5.74) is 0.945. The molecule has 0 bridgehead atoms. The van der Waals surface area contributed by atoms with E-state index in [0.717, 1.165) is 18.2 Å². The molecule has 17 heavy (non-hydrogen) atoms. The molecule has 0 aliphatic heterocycles. The summed E-state index contributed by atoms with van der Waals surface area (Å²) in [5.74, 6) is -1.13. The Morgan fingerprint density at radius 2 is 1.88 bits per heavy atom. The largest absolute Gasteiger partial charge is 0.268 e. The summed E-state index contributed by atoms with van der Waals surface area (Å²) in [5, 5.41) is 6.03. The van der Waals surface area contributed by atoms with Crippen LogP contribution in [0.5, 0.6) is 0 Å². The van der Waals surface area contributed by atoms with Gasteiger partial charge in [0.1, 0.15) is 11.6 Å². The van der Waals surface area contributed by atoms with Gasteiger partial charge in [-0.25, -0.2) is 13.9 Å². The Bertz CT molecular complexity index is 635. The molecule has 1 aromatic heterocycles. The van der Waals surface area contributed by atoms with E-state index in [-0.39, 0.29) is 16.8 Å². The standard InChI is InChI=1S/C12H10F2N2O/c1-6-7(2)12(17)16-15-11(6)9-5-8(13)3-4-10(9)14/h3-5H,1-2H3,(H,16,17). The van der Waals surface area contributed by atoms with Gasteiger partial charge in [-0.2, -0.15) is 5.10 Å². The molecule has 1 N–H and O–H groups in total. The van der Waals surface area contributed by atoms with Crippen molar-refractivity contribution in [2.75, 3.05) is 0 Å². The highest BCUT2D eigenvalue weighted by atomic mass is 19.1. The minimum Gasteiger partial charge on any atom is -0.268 e. The van der Waals surface area contributed by atoms with Crippen LogP contribution >= 0.6 is 0 Å². The number of benzene rings is 1. The molecule has 5 heteroatoms. The van der Waals surface area contributed by atoms with E-state index in [0.29, 0.717) is 11.1 Å². The number of H-pyrrole nitrogens is 1. The number of aromatic amines is 1. The van der Waals surface area contributed by atoms with E-state index < -0.39 is 11.6 Å². The highest BCUT2D eigenvalue weighted by Crippen LogP contribution is 2.24. The first-order valence-electron chi connectivity index (χ1n) is 5.02. The molecular weight excluding hydrogens is 226 g/mol. The highest BCUT2D eigenvalue weighted by Gasteiger charge is 2.13. The van der Waals surface area contributed by atoms with Crippen molar-refractivity contribution in [2.45, 2.75) is 13.8 Å². The topological polar surface area (TPSA) is 45.8 Å². The Morgan fingerprint density at radius 1 is 1.18 bits per heavy atom. The van der Waals surface area contributed by atoms with E-state index in [2.05, 4.69) is 10.2 Å². The molecule has 0 saturated heterocycles. The van der Waals surface area contributed by atoms with Crippen LogP contribution in [-0.2, 0) is 0 Å². The fourth-order valence-electron chi connectivity index (χ4n) is 1.56. The second-order valence-electron chi connectivity index (χ2n) is 3.78. The Kier molecular flexibility index (Phi) is 2.75. The summed E-state index contributed by atoms with van der Waals surface area (Å²) in [4.78, 5) is 11.3. The summed E-state index contributed by atoms with van der Waals surface area (Å²) in [6, 6.07) is 3.13. The van der Waals surface area contributed by atoms with Crippen molar-refractivity contribution < 1.29 is 8.78 Å². The molecule has 1 aromatic carbocycles. The van der Waals surface area contributed by atoms with Crippen LogP contribution in [0.3, 0.4) is 0 Å². The zero-order chi connectivity index (χ0) is 12.6. The molecule has 2 aromatic rings. The molecule has 2 rings (SSSR count). The van der Waals surface area contributed by atoms with E-state index in [4.69, 9.17) is 0 Å². The predicted molar refractivity (Wildman–Crippen MR) is 59.7 cm³/mol. The smallest absolute Gasteiger partial charge is 0.267 e. The third kappa shape index (κ3) is 1.95. The van der Waals surface area contributed by atoms with Gasteiger partial charge in [-0.05, 0) is 37.6 Å². The fraction of sp³-hybridized carbons (Fsp3) is 0.167. The predicted octanol–water partition coefficient (Wildman–Crippen LogP) is 2.33. The van der Waals surface area contributed by atoms with Crippen LogP contribution in [0.4, 0.5) is 8.78 Å². The van der Waals surface area contributed by atoms with Gasteiger partial charge in [0.2, 0.25) is 0 Å². The van der Waals surface area contributed by atoms with E-state index in [1.165, 1.54) is 0 Å². The Balaban J connectivity index is 2.73. The number of hydrogen-bond donors (Lipinski definition) is 1. The maximum absolute atomic E-state index is 13.6. The number of nitrogens with zero attached hydrogens (tertiary/aromatic N) is 1. The number of rotatable bonds is 1. The molecule has 0 saturated carbocycles. The Morgan fingerprint density at radius 3 is 2.59 bits per heavy atom. The fourth-order valence-corrected chi connectivity index (χ4v) is 1.56. The third-order valence-electron chi connectivity index (χ3n) is 2.71. The summed E-state index contributed by atoms with van der Waals surface area (Å²) in [7, 11) is 0. The van der Waals surface area contributed by atoms with Crippen LogP contribution in [-0.4, -0.2) is 10.2 Å². The number of aromatic nitrogens is 2. The lowest BCUT2D eigenvalue weighted by molar-refractivity contribution is 0.602. The zero-order valence-electron chi connectivity index (χ0n) is 9.34. The second-order valence-corrected chi connectivity index (χ2v) is 3.78. The molecule has 0 spiro atoms. The number of hydrogen-bond acceptors (Lipinski definition) is 2. The average molecular weight is 236 g/mol. The van der Waals surface area contributed by atoms with E-state index in [9.17, 15) is 13.6 Å². The van der Waals surface area contributed by atoms with Crippen LogP contribution in [0, 0.1) is 25.5 Å². The van der Waals surface area contributed by atoms with Gasteiger partial charge in [-0.3, -0.25) is 4.79 Å². The number of nitrogens with one attached hydrogen (secondary N) is 1. The molecule has 0 aliphatic carbocycles. The second kappa shape index (κ2) is 4.08. The van der Waals surface area contributed by atoms with Crippen LogP contribution in [0.1, 0.15) is 11.1 Å². The van der Waals surface area contributed by atoms with Crippen molar-refractivity contribution in [2.24, 2.45) is 0 Å². The summed E-state index contributed by atoms with van der Waals surface area (Å²) >= 11 is 0. The first-order chi connectivity index (χ1) is 8.00. The number of halogens is 2. The van der Waals surface area contributed by atoms with Crippen LogP contribution in [0.15, 0.2) is 23.0 Å². The first-order valence-corrected chi connectivity index (χ1v) is 5.02. The third-order valence-corrected chi connectivity index (χ3v) is 2.71. The van der Waals surface area contributed by atoms with Crippen LogP contribution < -0.4 is 5.56 Å². The van der Waals surface area contributed by atoms with Crippen molar-refractivity contribution in [3.63, 3.8) is 0 Å². The van der Waals surface area contributed by atoms with E-state index in [1.807, 2.05) is 0 Å². The average Bonchev–Trinajstić information content (AvgIpc) is 2.30. The molecule has 0 unspecified atom stereocenters. The quantitative estimate of drug-likeness (QED) is 0.826. The molecule has 88 valence electrons. The molecule has 3 nitrogen and oxygen atoms in total. The van der Waals surface area contributed by atoms with Gasteiger partial charge in [0.15, 0.2) is 0 Å². The van der Waals surface area contributed by atoms with Gasteiger partial charge in [-0.15, -0.1) is 0 Å². The summed E-state index contributed by atoms with van der Waals surface area (Å²) in [6.07, 6.45) is 0. The van der Waals surface area contributed by atoms with Gasteiger partial charge >= 0.3 is 0 Å². The highest BCUT2D eigenvalue weighted by molar-refractivity contribution is 5.64. The van der Waals surface area contributed by atoms with Gasteiger partial charge < -0.3 is 0 Å². The monoisotopic (exact) mass is 236 g/mol. The molecule has 0 radical (unpaired) electrons. The van der Waals surface area contributed by atoms with Gasteiger partial charge in [0.25, 0.3) is 5.56 Å². The van der Waals surface area contributed by atoms with Crippen molar-refractivity contribution in [3.05, 3.63) is 51.3 Å². The maximum Gasteiger partial charge on any atom is 0.267 e. The van der Waals surface area contributed by atoms with Crippen molar-refractivity contribution >= 4 is 0 Å². The lowest BCUT2D eigenvalue weighted by atomic mass is 10.0. The first kappa shape index (κ1) is 11.4. The molecule has 0 aliphatic rings. The van der Waals surface area contributed by atoms with Crippen molar-refractivity contribution in [1.29, 1.82) is 0 Å². The van der Waals surface area contributed by atoms with E-state index in [1.54, 1.807) is 13.8 Å². The minimum absolute atomic E-state index is 0.0434. The lowest BCUT2D eigenvalue weighted by Crippen LogP contribution is -2.14. The summed E-state index contributed by atoms with van der Waals surface area (Å²) in [6.45, 7) is 3.26. The minimum atomic E-state index is -0.576. The van der Waals surface area contributed by atoms with Crippen LogP contribution in [0.25, 0.3) is 11.3 Å². The van der Waals surface area contributed by atoms with Crippen molar-refractivity contribution in [3.8, 4) is 11.3 Å². The molecule has 0 atom stereocenters.